The lowest BCUT2D eigenvalue weighted by atomic mass is 9.94. The number of carbonyl (C=O) groups excluding carboxylic acids is 1. The van der Waals surface area contributed by atoms with E-state index in [0.717, 1.165) is 56.3 Å². The summed E-state index contributed by atoms with van der Waals surface area (Å²) < 4.78 is 0. The molecule has 2 fully saturated rings. The summed E-state index contributed by atoms with van der Waals surface area (Å²) in [6.45, 7) is 6.59. The average molecular weight is 395 g/mol. The van der Waals surface area contributed by atoms with Crippen molar-refractivity contribution in [3.63, 3.8) is 0 Å². The Hall–Kier alpha value is -2.54. The molecule has 0 radical (unpaired) electrons. The second-order valence-electron chi connectivity index (χ2n) is 8.31. The van der Waals surface area contributed by atoms with Gasteiger partial charge in [-0.1, -0.05) is 6.92 Å². The monoisotopic (exact) mass is 394 g/mol. The lowest BCUT2D eigenvalue weighted by molar-refractivity contribution is -0.134. The summed E-state index contributed by atoms with van der Waals surface area (Å²) in [5, 5.41) is 3.15. The van der Waals surface area contributed by atoms with Crippen LogP contribution < -0.4 is 5.32 Å². The normalized spacial score (nSPS) is 21.1. The van der Waals surface area contributed by atoms with Crippen molar-refractivity contribution in [2.75, 3.05) is 38.0 Å². The topological polar surface area (TPSA) is 74.2 Å². The zero-order valence-electron chi connectivity index (χ0n) is 17.1. The van der Waals surface area contributed by atoms with Crippen molar-refractivity contribution in [2.24, 2.45) is 5.92 Å². The maximum atomic E-state index is 12.8. The molecule has 1 atom stereocenters. The number of anilines is 2. The van der Waals surface area contributed by atoms with Gasteiger partial charge in [0.1, 0.15) is 0 Å². The number of amides is 1. The molecule has 2 aliphatic heterocycles. The summed E-state index contributed by atoms with van der Waals surface area (Å²) >= 11 is 0. The predicted molar refractivity (Wildman–Crippen MR) is 113 cm³/mol. The van der Waals surface area contributed by atoms with Crippen molar-refractivity contribution in [3.8, 4) is 0 Å². The van der Waals surface area contributed by atoms with Crippen molar-refractivity contribution in [3.05, 3.63) is 42.5 Å². The van der Waals surface area contributed by atoms with Crippen LogP contribution in [0.3, 0.4) is 0 Å². The van der Waals surface area contributed by atoms with Gasteiger partial charge in [-0.05, 0) is 62.9 Å². The Morgan fingerprint density at radius 1 is 1.10 bits per heavy atom. The molecule has 2 aromatic rings. The van der Waals surface area contributed by atoms with Crippen LogP contribution in [0.4, 0.5) is 11.6 Å². The van der Waals surface area contributed by atoms with Crippen LogP contribution in [0.15, 0.2) is 36.8 Å². The standard InChI is InChI=1S/C22H30N6O/c1-17-7-12-27(13-8-17)16-21(29)28-11-2-4-18(15-28)20-6-5-19(14-25-20)26-22-23-9-3-10-24-22/h3,5-6,9-10,14,17-18H,2,4,7-8,11-13,15-16H2,1H3,(H,23,24,26)/t18-/m1/s1. The number of nitrogens with zero attached hydrogens (tertiary/aromatic N) is 5. The van der Waals surface area contributed by atoms with E-state index >= 15 is 0 Å². The summed E-state index contributed by atoms with van der Waals surface area (Å²) in [7, 11) is 0. The van der Waals surface area contributed by atoms with Gasteiger partial charge < -0.3 is 10.2 Å². The molecule has 0 aromatic carbocycles. The van der Waals surface area contributed by atoms with Gasteiger partial charge in [-0.15, -0.1) is 0 Å². The SMILES string of the molecule is CC1CCN(CC(=O)N2CCC[C@@H](c3ccc(Nc4ncccn4)cn3)C2)CC1. The number of nitrogens with one attached hydrogen (secondary N) is 1. The van der Waals surface area contributed by atoms with Gasteiger partial charge in [-0.2, -0.15) is 0 Å². The number of rotatable bonds is 5. The highest BCUT2D eigenvalue weighted by atomic mass is 16.2. The van der Waals surface area contributed by atoms with Gasteiger partial charge in [0.15, 0.2) is 0 Å². The molecule has 4 rings (SSSR count). The van der Waals surface area contributed by atoms with E-state index in [1.165, 1.54) is 12.8 Å². The third-order valence-electron chi connectivity index (χ3n) is 6.04. The summed E-state index contributed by atoms with van der Waals surface area (Å²) in [6, 6.07) is 5.85. The Bertz CT molecular complexity index is 789. The third-order valence-corrected chi connectivity index (χ3v) is 6.04. The minimum atomic E-state index is 0.267. The fourth-order valence-electron chi connectivity index (χ4n) is 4.17. The Kier molecular flexibility index (Phi) is 6.34. The Morgan fingerprint density at radius 2 is 1.90 bits per heavy atom. The van der Waals surface area contributed by atoms with E-state index in [4.69, 9.17) is 0 Å². The maximum Gasteiger partial charge on any atom is 0.236 e. The lowest BCUT2D eigenvalue weighted by Gasteiger charge is -2.35. The van der Waals surface area contributed by atoms with E-state index in [1.807, 2.05) is 17.2 Å². The van der Waals surface area contributed by atoms with Gasteiger partial charge in [0.25, 0.3) is 0 Å². The first-order valence-corrected chi connectivity index (χ1v) is 10.7. The number of hydrogen-bond acceptors (Lipinski definition) is 6. The second-order valence-corrected chi connectivity index (χ2v) is 8.31. The molecule has 7 heteroatoms. The minimum Gasteiger partial charge on any atom is -0.341 e. The van der Waals surface area contributed by atoms with Gasteiger partial charge in [-0.3, -0.25) is 14.7 Å². The molecule has 2 aliphatic rings. The summed E-state index contributed by atoms with van der Waals surface area (Å²) in [6.07, 6.45) is 9.74. The van der Waals surface area contributed by atoms with Crippen LogP contribution in [0.2, 0.25) is 0 Å². The second kappa shape index (κ2) is 9.31. The molecule has 0 spiro atoms. The largest absolute Gasteiger partial charge is 0.341 e. The zero-order chi connectivity index (χ0) is 20.1. The Labute approximate surface area is 172 Å². The highest BCUT2D eigenvalue weighted by molar-refractivity contribution is 5.78. The van der Waals surface area contributed by atoms with E-state index in [0.29, 0.717) is 18.4 Å². The van der Waals surface area contributed by atoms with Gasteiger partial charge >= 0.3 is 0 Å². The number of hydrogen-bond donors (Lipinski definition) is 1. The van der Waals surface area contributed by atoms with Crippen molar-refractivity contribution in [1.82, 2.24) is 24.8 Å². The molecule has 0 unspecified atom stereocenters. The first-order valence-electron chi connectivity index (χ1n) is 10.7. The van der Waals surface area contributed by atoms with Crippen molar-refractivity contribution < 1.29 is 4.79 Å². The van der Waals surface area contributed by atoms with Gasteiger partial charge in [-0.25, -0.2) is 9.97 Å². The smallest absolute Gasteiger partial charge is 0.236 e. The van der Waals surface area contributed by atoms with Crippen LogP contribution in [0.25, 0.3) is 0 Å². The molecule has 2 saturated heterocycles. The Balaban J connectivity index is 1.32. The van der Waals surface area contributed by atoms with E-state index in [2.05, 4.69) is 38.2 Å². The van der Waals surface area contributed by atoms with Crippen molar-refractivity contribution >= 4 is 17.5 Å². The van der Waals surface area contributed by atoms with Crippen LogP contribution in [0, 0.1) is 5.92 Å². The van der Waals surface area contributed by atoms with Gasteiger partial charge in [0, 0.05) is 37.1 Å². The Morgan fingerprint density at radius 3 is 2.62 bits per heavy atom. The molecule has 29 heavy (non-hydrogen) atoms. The number of piperidine rings is 2. The van der Waals surface area contributed by atoms with Crippen LogP contribution in [0.1, 0.15) is 44.2 Å². The van der Waals surface area contributed by atoms with E-state index in [-0.39, 0.29) is 5.91 Å². The number of carbonyl (C=O) groups is 1. The predicted octanol–water partition coefficient (Wildman–Crippen LogP) is 3.05. The molecule has 0 saturated carbocycles. The van der Waals surface area contributed by atoms with E-state index < -0.39 is 0 Å². The van der Waals surface area contributed by atoms with Crippen molar-refractivity contribution in [2.45, 2.75) is 38.5 Å². The first-order chi connectivity index (χ1) is 14.2. The number of aromatic nitrogens is 3. The molecule has 1 N–H and O–H groups in total. The molecule has 154 valence electrons. The number of pyridine rings is 1. The highest BCUT2D eigenvalue weighted by Crippen LogP contribution is 2.27. The zero-order valence-corrected chi connectivity index (χ0v) is 17.1. The molecule has 7 nitrogen and oxygen atoms in total. The minimum absolute atomic E-state index is 0.267. The first kappa shape index (κ1) is 19.8. The van der Waals surface area contributed by atoms with Gasteiger partial charge in [0.2, 0.25) is 11.9 Å². The van der Waals surface area contributed by atoms with Crippen molar-refractivity contribution in [1.29, 1.82) is 0 Å². The van der Waals surface area contributed by atoms with E-state index in [1.54, 1.807) is 18.5 Å². The average Bonchev–Trinajstić information content (AvgIpc) is 2.77. The molecule has 0 bridgehead atoms. The summed E-state index contributed by atoms with van der Waals surface area (Å²) in [5.41, 5.74) is 1.91. The fourth-order valence-corrected chi connectivity index (χ4v) is 4.17. The summed E-state index contributed by atoms with van der Waals surface area (Å²) in [4.78, 5) is 30.2. The van der Waals surface area contributed by atoms with Gasteiger partial charge in [0.05, 0.1) is 18.4 Å². The third kappa shape index (κ3) is 5.29. The molecular formula is C22H30N6O. The molecule has 0 aliphatic carbocycles. The number of likely N-dealkylation sites (tertiary alicyclic amines) is 2. The molecule has 4 heterocycles. The maximum absolute atomic E-state index is 12.8. The highest BCUT2D eigenvalue weighted by Gasteiger charge is 2.27. The summed E-state index contributed by atoms with van der Waals surface area (Å²) in [5.74, 6) is 1.92. The van der Waals surface area contributed by atoms with Crippen LogP contribution in [-0.4, -0.2) is 63.4 Å². The lowest BCUT2D eigenvalue weighted by Crippen LogP contribution is -2.46. The quantitative estimate of drug-likeness (QED) is 0.840. The van der Waals surface area contributed by atoms with Crippen LogP contribution in [-0.2, 0) is 4.79 Å². The van der Waals surface area contributed by atoms with Crippen LogP contribution >= 0.6 is 0 Å². The van der Waals surface area contributed by atoms with E-state index in [9.17, 15) is 4.79 Å². The molecular weight excluding hydrogens is 364 g/mol. The molecule has 2 aromatic heterocycles. The van der Waals surface area contributed by atoms with Crippen LogP contribution in [0.5, 0.6) is 0 Å². The fraction of sp³-hybridized carbons (Fsp3) is 0.545. The molecule has 1 amide bonds.